The number of rotatable bonds is 4. The molecule has 5 heteroatoms. The van der Waals surface area contributed by atoms with E-state index in [2.05, 4.69) is 12.2 Å². The fourth-order valence-electron chi connectivity index (χ4n) is 3.64. The number of urea groups is 1. The number of hydrogen-bond donors (Lipinski definition) is 2. The van der Waals surface area contributed by atoms with Gasteiger partial charge in [0.2, 0.25) is 0 Å². The first kappa shape index (κ1) is 16.1. The van der Waals surface area contributed by atoms with Crippen LogP contribution in [0.2, 0.25) is 0 Å². The van der Waals surface area contributed by atoms with Gasteiger partial charge in [-0.1, -0.05) is 13.3 Å². The van der Waals surface area contributed by atoms with E-state index in [9.17, 15) is 9.59 Å². The van der Waals surface area contributed by atoms with E-state index >= 15 is 0 Å². The lowest BCUT2D eigenvalue weighted by Crippen LogP contribution is -2.49. The third-order valence-electron chi connectivity index (χ3n) is 5.02. The fraction of sp³-hybridized carbons (Fsp3) is 0.875. The second kappa shape index (κ2) is 7.66. The zero-order valence-corrected chi connectivity index (χ0v) is 13.0. The summed E-state index contributed by atoms with van der Waals surface area (Å²) in [6, 6.07) is 0.310. The third-order valence-corrected chi connectivity index (χ3v) is 5.02. The molecule has 0 aromatic carbocycles. The molecule has 2 fully saturated rings. The zero-order chi connectivity index (χ0) is 15.2. The van der Waals surface area contributed by atoms with Crippen LogP contribution in [-0.2, 0) is 4.79 Å². The fourth-order valence-corrected chi connectivity index (χ4v) is 3.64. The molecule has 2 N–H and O–H groups in total. The van der Waals surface area contributed by atoms with Gasteiger partial charge in [-0.3, -0.25) is 4.79 Å². The molecule has 5 nitrogen and oxygen atoms in total. The number of carbonyl (C=O) groups excluding carboxylic acids is 1. The Morgan fingerprint density at radius 1 is 1.14 bits per heavy atom. The van der Waals surface area contributed by atoms with Crippen molar-refractivity contribution in [2.24, 2.45) is 11.8 Å². The highest BCUT2D eigenvalue weighted by molar-refractivity contribution is 5.75. The Bertz CT molecular complexity index is 365. The molecule has 1 saturated heterocycles. The van der Waals surface area contributed by atoms with Gasteiger partial charge in [0.15, 0.2) is 0 Å². The van der Waals surface area contributed by atoms with Crippen molar-refractivity contribution < 1.29 is 14.7 Å². The Morgan fingerprint density at radius 2 is 1.86 bits per heavy atom. The van der Waals surface area contributed by atoms with Crippen LogP contribution in [0.25, 0.3) is 0 Å². The van der Waals surface area contributed by atoms with Crippen LogP contribution in [0.5, 0.6) is 0 Å². The highest BCUT2D eigenvalue weighted by Gasteiger charge is 2.27. The molecule has 2 amide bonds. The molecule has 2 aliphatic rings. The molecule has 0 radical (unpaired) electrons. The predicted octanol–water partition coefficient (Wildman–Crippen LogP) is 2.85. The minimum absolute atomic E-state index is 0.00466. The van der Waals surface area contributed by atoms with Crippen LogP contribution >= 0.6 is 0 Å². The van der Waals surface area contributed by atoms with Gasteiger partial charge in [-0.2, -0.15) is 0 Å². The van der Waals surface area contributed by atoms with Crippen LogP contribution < -0.4 is 5.32 Å². The molecule has 0 aromatic heterocycles. The maximum absolute atomic E-state index is 12.3. The van der Waals surface area contributed by atoms with Crippen molar-refractivity contribution in [3.63, 3.8) is 0 Å². The number of carbonyl (C=O) groups is 2. The molecule has 1 aliphatic heterocycles. The monoisotopic (exact) mass is 296 g/mol. The Morgan fingerprint density at radius 3 is 2.48 bits per heavy atom. The molecule has 0 bridgehead atoms. The smallest absolute Gasteiger partial charge is 0.317 e. The Balaban J connectivity index is 1.76. The summed E-state index contributed by atoms with van der Waals surface area (Å²) in [6.07, 6.45) is 7.82. The number of nitrogens with one attached hydrogen (secondary N) is 1. The summed E-state index contributed by atoms with van der Waals surface area (Å²) in [6.45, 7) is 3.58. The van der Waals surface area contributed by atoms with Gasteiger partial charge in [-0.15, -0.1) is 0 Å². The first-order valence-corrected chi connectivity index (χ1v) is 8.35. The first-order chi connectivity index (χ1) is 10.1. The zero-order valence-electron chi connectivity index (χ0n) is 13.0. The van der Waals surface area contributed by atoms with E-state index in [0.29, 0.717) is 12.6 Å². The molecule has 0 spiro atoms. The number of likely N-dealkylation sites (tertiary alicyclic amines) is 1. The number of hydrogen-bond acceptors (Lipinski definition) is 2. The second-order valence-electron chi connectivity index (χ2n) is 6.63. The quantitative estimate of drug-likeness (QED) is 0.838. The summed E-state index contributed by atoms with van der Waals surface area (Å²) in [5.74, 6) is 0.172. The van der Waals surface area contributed by atoms with Gasteiger partial charge in [0, 0.05) is 25.6 Å². The largest absolute Gasteiger partial charge is 0.481 e. The van der Waals surface area contributed by atoms with Gasteiger partial charge in [-0.25, -0.2) is 4.79 Å². The molecule has 120 valence electrons. The highest BCUT2D eigenvalue weighted by atomic mass is 16.4. The van der Waals surface area contributed by atoms with Crippen molar-refractivity contribution in [3.05, 3.63) is 0 Å². The lowest BCUT2D eigenvalue weighted by atomic mass is 9.84. The minimum atomic E-state index is -0.764. The molecular weight excluding hydrogens is 268 g/mol. The molecule has 21 heavy (non-hydrogen) atoms. The van der Waals surface area contributed by atoms with Crippen LogP contribution in [0.15, 0.2) is 0 Å². The molecular formula is C16H28N2O3. The Hall–Kier alpha value is -1.26. The normalized spacial score (nSPS) is 30.0. The summed E-state index contributed by atoms with van der Waals surface area (Å²) in [7, 11) is 0. The number of aliphatic carboxylic acids is 1. The maximum Gasteiger partial charge on any atom is 0.317 e. The van der Waals surface area contributed by atoms with Gasteiger partial charge < -0.3 is 15.3 Å². The van der Waals surface area contributed by atoms with Crippen LogP contribution in [0.1, 0.15) is 58.3 Å². The molecule has 0 aromatic rings. The summed E-state index contributed by atoms with van der Waals surface area (Å²) in [5, 5.41) is 12.0. The SMILES string of the molecule is CCC1CCC(NC(=O)N2CCCC(CC(=O)O)C2)CC1. The van der Waals surface area contributed by atoms with Gasteiger partial charge >= 0.3 is 12.0 Å². The van der Waals surface area contributed by atoms with E-state index in [-0.39, 0.29) is 18.4 Å². The van der Waals surface area contributed by atoms with Crippen molar-refractivity contribution in [2.75, 3.05) is 13.1 Å². The van der Waals surface area contributed by atoms with E-state index in [1.54, 1.807) is 0 Å². The molecule has 1 unspecified atom stereocenters. The lowest BCUT2D eigenvalue weighted by Gasteiger charge is -2.35. The van der Waals surface area contributed by atoms with Crippen LogP contribution in [0.4, 0.5) is 4.79 Å². The van der Waals surface area contributed by atoms with Crippen molar-refractivity contribution in [1.29, 1.82) is 0 Å². The average molecular weight is 296 g/mol. The lowest BCUT2D eigenvalue weighted by molar-refractivity contribution is -0.138. The average Bonchev–Trinajstić information content (AvgIpc) is 2.47. The van der Waals surface area contributed by atoms with Gasteiger partial charge in [0.25, 0.3) is 0 Å². The van der Waals surface area contributed by atoms with Crippen LogP contribution in [0, 0.1) is 11.8 Å². The molecule has 2 rings (SSSR count). The number of amides is 2. The predicted molar refractivity (Wildman–Crippen MR) is 81.1 cm³/mol. The Labute approximate surface area is 127 Å². The summed E-state index contributed by atoms with van der Waals surface area (Å²) in [4.78, 5) is 24.9. The van der Waals surface area contributed by atoms with Crippen LogP contribution in [0.3, 0.4) is 0 Å². The van der Waals surface area contributed by atoms with Crippen molar-refractivity contribution in [1.82, 2.24) is 10.2 Å². The highest BCUT2D eigenvalue weighted by Crippen LogP contribution is 2.27. The topological polar surface area (TPSA) is 69.6 Å². The van der Waals surface area contributed by atoms with Gasteiger partial charge in [0.1, 0.15) is 0 Å². The second-order valence-corrected chi connectivity index (χ2v) is 6.63. The van der Waals surface area contributed by atoms with Gasteiger partial charge in [-0.05, 0) is 50.4 Å². The van der Waals surface area contributed by atoms with Crippen molar-refractivity contribution >= 4 is 12.0 Å². The number of nitrogens with zero attached hydrogens (tertiary/aromatic N) is 1. The van der Waals surface area contributed by atoms with E-state index in [1.807, 2.05) is 4.90 Å². The van der Waals surface area contributed by atoms with Crippen molar-refractivity contribution in [3.8, 4) is 0 Å². The molecule has 1 saturated carbocycles. The Kier molecular flexibility index (Phi) is 5.88. The first-order valence-electron chi connectivity index (χ1n) is 8.35. The van der Waals surface area contributed by atoms with E-state index in [4.69, 9.17) is 5.11 Å². The van der Waals surface area contributed by atoms with E-state index in [0.717, 1.165) is 38.1 Å². The van der Waals surface area contributed by atoms with Crippen molar-refractivity contribution in [2.45, 2.75) is 64.3 Å². The summed E-state index contributed by atoms with van der Waals surface area (Å²) in [5.41, 5.74) is 0. The molecule has 1 aliphatic carbocycles. The van der Waals surface area contributed by atoms with Gasteiger partial charge in [0.05, 0.1) is 0 Å². The standard InChI is InChI=1S/C16H28N2O3/c1-2-12-5-7-14(8-6-12)17-16(21)18-9-3-4-13(11-18)10-15(19)20/h12-14H,2-11H2,1H3,(H,17,21)(H,19,20). The number of piperidine rings is 1. The van der Waals surface area contributed by atoms with E-state index in [1.165, 1.54) is 19.3 Å². The maximum atomic E-state index is 12.3. The summed E-state index contributed by atoms with van der Waals surface area (Å²) >= 11 is 0. The molecule has 1 heterocycles. The van der Waals surface area contributed by atoms with Crippen LogP contribution in [-0.4, -0.2) is 41.1 Å². The number of carboxylic acid groups (broad SMARTS) is 1. The third kappa shape index (κ3) is 4.90. The number of carboxylic acids is 1. The van der Waals surface area contributed by atoms with E-state index < -0.39 is 5.97 Å². The minimum Gasteiger partial charge on any atom is -0.481 e. The summed E-state index contributed by atoms with van der Waals surface area (Å²) < 4.78 is 0. The molecule has 1 atom stereocenters.